The Balaban J connectivity index is 1.38. The minimum atomic E-state index is -0.514. The molecule has 1 aromatic heterocycles. The van der Waals surface area contributed by atoms with Gasteiger partial charge in [0.15, 0.2) is 0 Å². The number of carbonyl (C=O) groups excluding carboxylic acids is 2. The standard InChI is InChI=1S/C29H40N4O4/c1-28(2,3)36-26(34)32-14-12-31(13-15-32)19-21-8-7-9-22(16-21)23-17-24-20-33(11-10-25(24)30-18-23)27(35)37-29(4,5)6/h7-9,16-18H,10-15,19-20H2,1-6H3. The van der Waals surface area contributed by atoms with E-state index in [1.54, 1.807) is 9.80 Å². The molecule has 0 radical (unpaired) electrons. The molecule has 3 heterocycles. The van der Waals surface area contributed by atoms with Gasteiger partial charge in [-0.15, -0.1) is 0 Å². The van der Waals surface area contributed by atoms with E-state index in [2.05, 4.69) is 35.2 Å². The molecule has 0 aliphatic carbocycles. The number of fused-ring (bicyclic) bond motifs is 1. The van der Waals surface area contributed by atoms with Crippen molar-refractivity contribution in [3.05, 3.63) is 53.3 Å². The van der Waals surface area contributed by atoms with Crippen molar-refractivity contribution in [1.29, 1.82) is 0 Å². The Bertz CT molecular complexity index is 1130. The van der Waals surface area contributed by atoms with E-state index >= 15 is 0 Å². The molecule has 0 bridgehead atoms. The van der Waals surface area contributed by atoms with Gasteiger partial charge in [-0.1, -0.05) is 18.2 Å². The molecule has 4 rings (SSSR count). The van der Waals surface area contributed by atoms with Crippen molar-refractivity contribution in [2.45, 2.75) is 72.3 Å². The molecule has 2 aliphatic heterocycles. The summed E-state index contributed by atoms with van der Waals surface area (Å²) in [7, 11) is 0. The number of nitrogens with zero attached hydrogens (tertiary/aromatic N) is 4. The van der Waals surface area contributed by atoms with Crippen LogP contribution >= 0.6 is 0 Å². The third-order valence-corrected chi connectivity index (χ3v) is 6.38. The van der Waals surface area contributed by atoms with E-state index in [1.807, 2.05) is 47.7 Å². The summed E-state index contributed by atoms with van der Waals surface area (Å²) in [6.45, 7) is 16.2. The minimum absolute atomic E-state index is 0.237. The Labute approximate surface area is 220 Å². The molecule has 0 atom stereocenters. The number of piperazine rings is 1. The molecule has 0 saturated carbocycles. The molecule has 0 unspecified atom stereocenters. The monoisotopic (exact) mass is 508 g/mol. The summed E-state index contributed by atoms with van der Waals surface area (Å²) in [6.07, 6.45) is 2.14. The van der Waals surface area contributed by atoms with Gasteiger partial charge < -0.3 is 19.3 Å². The largest absolute Gasteiger partial charge is 0.444 e. The molecular weight excluding hydrogens is 468 g/mol. The maximum absolute atomic E-state index is 12.6. The average Bonchev–Trinajstić information content (AvgIpc) is 2.82. The van der Waals surface area contributed by atoms with E-state index < -0.39 is 11.2 Å². The van der Waals surface area contributed by atoms with Gasteiger partial charge >= 0.3 is 12.2 Å². The molecule has 2 aliphatic rings. The number of hydrogen-bond donors (Lipinski definition) is 0. The Kier molecular flexibility index (Phi) is 7.78. The van der Waals surface area contributed by atoms with Crippen LogP contribution in [0.2, 0.25) is 0 Å². The highest BCUT2D eigenvalue weighted by molar-refractivity contribution is 5.70. The fourth-order valence-corrected chi connectivity index (χ4v) is 4.59. The molecular formula is C29H40N4O4. The molecule has 37 heavy (non-hydrogen) atoms. The van der Waals surface area contributed by atoms with Crippen LogP contribution in [0.4, 0.5) is 9.59 Å². The summed E-state index contributed by atoms with van der Waals surface area (Å²) in [5.41, 5.74) is 4.49. The quantitative estimate of drug-likeness (QED) is 0.575. The van der Waals surface area contributed by atoms with Crippen molar-refractivity contribution in [2.75, 3.05) is 32.7 Å². The topological polar surface area (TPSA) is 75.2 Å². The van der Waals surface area contributed by atoms with Gasteiger partial charge in [0.05, 0.1) is 6.54 Å². The lowest BCUT2D eigenvalue weighted by molar-refractivity contribution is 0.0138. The molecule has 8 nitrogen and oxygen atoms in total. The van der Waals surface area contributed by atoms with Crippen molar-refractivity contribution in [3.8, 4) is 11.1 Å². The summed E-state index contributed by atoms with van der Waals surface area (Å²) in [5.74, 6) is 0. The van der Waals surface area contributed by atoms with Crippen LogP contribution in [0.15, 0.2) is 36.5 Å². The molecule has 200 valence electrons. The number of rotatable bonds is 3. The van der Waals surface area contributed by atoms with Gasteiger partial charge in [0, 0.05) is 63.1 Å². The van der Waals surface area contributed by atoms with E-state index in [0.29, 0.717) is 26.2 Å². The predicted molar refractivity (Wildman–Crippen MR) is 143 cm³/mol. The van der Waals surface area contributed by atoms with Gasteiger partial charge in [0.25, 0.3) is 0 Å². The Morgan fingerprint density at radius 2 is 1.49 bits per heavy atom. The molecule has 1 saturated heterocycles. The van der Waals surface area contributed by atoms with Crippen LogP contribution in [-0.2, 0) is 29.0 Å². The van der Waals surface area contributed by atoms with Crippen LogP contribution in [0.5, 0.6) is 0 Å². The Morgan fingerprint density at radius 1 is 0.838 bits per heavy atom. The second kappa shape index (κ2) is 10.7. The maximum atomic E-state index is 12.6. The van der Waals surface area contributed by atoms with Crippen LogP contribution < -0.4 is 0 Å². The van der Waals surface area contributed by atoms with Crippen LogP contribution in [0, 0.1) is 0 Å². The van der Waals surface area contributed by atoms with Gasteiger partial charge in [0.2, 0.25) is 0 Å². The fraction of sp³-hybridized carbons (Fsp3) is 0.552. The molecule has 1 fully saturated rings. The highest BCUT2D eigenvalue weighted by Crippen LogP contribution is 2.27. The van der Waals surface area contributed by atoms with E-state index in [-0.39, 0.29) is 12.2 Å². The second-order valence-electron chi connectivity index (χ2n) is 11.9. The molecule has 0 spiro atoms. The Hall–Kier alpha value is -3.13. The van der Waals surface area contributed by atoms with Gasteiger partial charge in [-0.25, -0.2) is 9.59 Å². The maximum Gasteiger partial charge on any atom is 0.410 e. The van der Waals surface area contributed by atoms with Crippen molar-refractivity contribution in [3.63, 3.8) is 0 Å². The number of ether oxygens (including phenoxy) is 2. The first-order chi connectivity index (χ1) is 17.4. The average molecular weight is 509 g/mol. The van der Waals surface area contributed by atoms with E-state index in [4.69, 9.17) is 14.5 Å². The van der Waals surface area contributed by atoms with E-state index in [9.17, 15) is 9.59 Å². The van der Waals surface area contributed by atoms with Crippen LogP contribution in [0.25, 0.3) is 11.1 Å². The number of aromatic nitrogens is 1. The number of pyridine rings is 1. The first-order valence-electron chi connectivity index (χ1n) is 13.1. The van der Waals surface area contributed by atoms with Gasteiger partial charge in [-0.2, -0.15) is 0 Å². The fourth-order valence-electron chi connectivity index (χ4n) is 4.59. The van der Waals surface area contributed by atoms with Gasteiger partial charge in [-0.05, 0) is 70.4 Å². The number of amides is 2. The third-order valence-electron chi connectivity index (χ3n) is 6.38. The molecule has 1 aromatic carbocycles. The minimum Gasteiger partial charge on any atom is -0.444 e. The lowest BCUT2D eigenvalue weighted by atomic mass is 9.99. The summed E-state index contributed by atoms with van der Waals surface area (Å²) in [5, 5.41) is 0. The van der Waals surface area contributed by atoms with Crippen molar-refractivity contribution in [2.24, 2.45) is 0 Å². The molecule has 2 aromatic rings. The first-order valence-corrected chi connectivity index (χ1v) is 13.1. The second-order valence-corrected chi connectivity index (χ2v) is 11.9. The number of carbonyl (C=O) groups is 2. The molecule has 2 amide bonds. The van der Waals surface area contributed by atoms with Crippen LogP contribution in [0.3, 0.4) is 0 Å². The Morgan fingerprint density at radius 3 is 2.14 bits per heavy atom. The highest BCUT2D eigenvalue weighted by Gasteiger charge is 2.27. The zero-order chi connectivity index (χ0) is 26.8. The van der Waals surface area contributed by atoms with Gasteiger partial charge in [-0.3, -0.25) is 9.88 Å². The summed E-state index contributed by atoms with van der Waals surface area (Å²) in [6, 6.07) is 10.7. The summed E-state index contributed by atoms with van der Waals surface area (Å²) in [4.78, 5) is 35.6. The SMILES string of the molecule is CC(C)(C)OC(=O)N1CCN(Cc2cccc(-c3cnc4c(c3)CN(C(=O)OC(C)(C)C)CC4)c2)CC1. The summed E-state index contributed by atoms with van der Waals surface area (Å²) >= 11 is 0. The number of benzene rings is 1. The van der Waals surface area contributed by atoms with Crippen molar-refractivity contribution < 1.29 is 19.1 Å². The first kappa shape index (κ1) is 26.9. The molecule has 0 N–H and O–H groups in total. The zero-order valence-corrected chi connectivity index (χ0v) is 23.0. The normalized spacial score (nSPS) is 16.8. The van der Waals surface area contributed by atoms with Crippen LogP contribution in [0.1, 0.15) is 58.4 Å². The lowest BCUT2D eigenvalue weighted by Crippen LogP contribution is -2.49. The highest BCUT2D eigenvalue weighted by atomic mass is 16.6. The van der Waals surface area contributed by atoms with Crippen LogP contribution in [-0.4, -0.2) is 75.8 Å². The number of hydrogen-bond acceptors (Lipinski definition) is 6. The van der Waals surface area contributed by atoms with E-state index in [0.717, 1.165) is 48.4 Å². The lowest BCUT2D eigenvalue weighted by Gasteiger charge is -2.35. The zero-order valence-electron chi connectivity index (χ0n) is 23.0. The van der Waals surface area contributed by atoms with Crippen molar-refractivity contribution in [1.82, 2.24) is 19.7 Å². The predicted octanol–water partition coefficient (Wildman–Crippen LogP) is 5.09. The van der Waals surface area contributed by atoms with Crippen molar-refractivity contribution >= 4 is 12.2 Å². The third kappa shape index (κ3) is 7.44. The summed E-state index contributed by atoms with van der Waals surface area (Å²) < 4.78 is 11.1. The van der Waals surface area contributed by atoms with Gasteiger partial charge in [0.1, 0.15) is 11.2 Å². The molecule has 8 heteroatoms. The smallest absolute Gasteiger partial charge is 0.410 e. The van der Waals surface area contributed by atoms with E-state index in [1.165, 1.54) is 5.56 Å².